The number of halogens is 1. The van der Waals surface area contributed by atoms with E-state index in [9.17, 15) is 18.8 Å². The lowest BCUT2D eigenvalue weighted by Crippen LogP contribution is -2.34. The SMILES string of the molecule is CCC(=O)NCCNC(=O)c1ccc(NC(=O)C(C)Oc2ccc(F)cc2)cc1. The zero-order valence-corrected chi connectivity index (χ0v) is 16.3. The topological polar surface area (TPSA) is 96.5 Å². The molecule has 0 aliphatic carbocycles. The summed E-state index contributed by atoms with van der Waals surface area (Å²) < 4.78 is 18.4. The minimum Gasteiger partial charge on any atom is -0.481 e. The highest BCUT2D eigenvalue weighted by Crippen LogP contribution is 2.15. The van der Waals surface area contributed by atoms with Crippen LogP contribution in [0.15, 0.2) is 48.5 Å². The Hall–Kier alpha value is -3.42. The van der Waals surface area contributed by atoms with Crippen LogP contribution in [0.2, 0.25) is 0 Å². The molecular weight excluding hydrogens is 377 g/mol. The summed E-state index contributed by atoms with van der Waals surface area (Å²) in [6, 6.07) is 11.8. The van der Waals surface area contributed by atoms with Crippen molar-refractivity contribution in [2.45, 2.75) is 26.4 Å². The number of rotatable bonds is 9. The molecule has 0 spiro atoms. The number of hydrogen-bond donors (Lipinski definition) is 3. The first-order valence-electron chi connectivity index (χ1n) is 9.27. The quantitative estimate of drug-likeness (QED) is 0.563. The first-order chi connectivity index (χ1) is 13.9. The fourth-order valence-electron chi connectivity index (χ4n) is 2.32. The Morgan fingerprint density at radius 2 is 1.59 bits per heavy atom. The molecule has 0 heterocycles. The van der Waals surface area contributed by atoms with Crippen LogP contribution in [-0.4, -0.2) is 36.9 Å². The van der Waals surface area contributed by atoms with Gasteiger partial charge in [-0.05, 0) is 55.5 Å². The van der Waals surface area contributed by atoms with Gasteiger partial charge in [-0.1, -0.05) is 6.92 Å². The highest BCUT2D eigenvalue weighted by atomic mass is 19.1. The van der Waals surface area contributed by atoms with E-state index in [2.05, 4.69) is 16.0 Å². The van der Waals surface area contributed by atoms with E-state index in [-0.39, 0.29) is 23.5 Å². The van der Waals surface area contributed by atoms with E-state index in [1.165, 1.54) is 24.3 Å². The average Bonchev–Trinajstić information content (AvgIpc) is 2.72. The first-order valence-corrected chi connectivity index (χ1v) is 9.27. The lowest BCUT2D eigenvalue weighted by atomic mass is 10.2. The van der Waals surface area contributed by atoms with Crippen molar-refractivity contribution >= 4 is 23.4 Å². The van der Waals surface area contributed by atoms with E-state index < -0.39 is 6.10 Å². The summed E-state index contributed by atoms with van der Waals surface area (Å²) in [5, 5.41) is 8.06. The number of amides is 3. The van der Waals surface area contributed by atoms with Gasteiger partial charge in [-0.3, -0.25) is 14.4 Å². The van der Waals surface area contributed by atoms with Gasteiger partial charge >= 0.3 is 0 Å². The molecule has 3 amide bonds. The van der Waals surface area contributed by atoms with Crippen molar-refractivity contribution in [3.05, 3.63) is 59.9 Å². The lowest BCUT2D eigenvalue weighted by molar-refractivity contribution is -0.122. The zero-order valence-electron chi connectivity index (χ0n) is 16.3. The molecular formula is C21H24FN3O4. The third-order valence-electron chi connectivity index (χ3n) is 3.96. The van der Waals surface area contributed by atoms with Gasteiger partial charge in [0.2, 0.25) is 5.91 Å². The molecule has 0 aliphatic rings. The van der Waals surface area contributed by atoms with Crippen LogP contribution in [0.3, 0.4) is 0 Å². The summed E-state index contributed by atoms with van der Waals surface area (Å²) in [6.07, 6.45) is -0.393. The van der Waals surface area contributed by atoms with Gasteiger partial charge in [0.05, 0.1) is 0 Å². The maximum atomic E-state index is 12.9. The Kier molecular flexibility index (Phi) is 8.14. The summed E-state index contributed by atoms with van der Waals surface area (Å²) in [6.45, 7) is 4.02. The van der Waals surface area contributed by atoms with Crippen molar-refractivity contribution in [1.82, 2.24) is 10.6 Å². The van der Waals surface area contributed by atoms with Gasteiger partial charge < -0.3 is 20.7 Å². The fraction of sp³-hybridized carbons (Fsp3) is 0.286. The molecule has 0 bridgehead atoms. The minimum absolute atomic E-state index is 0.0722. The van der Waals surface area contributed by atoms with Crippen LogP contribution in [0.4, 0.5) is 10.1 Å². The molecule has 0 radical (unpaired) electrons. The number of ether oxygens (including phenoxy) is 1. The second-order valence-electron chi connectivity index (χ2n) is 6.24. The van der Waals surface area contributed by atoms with E-state index >= 15 is 0 Å². The molecule has 1 atom stereocenters. The molecule has 8 heteroatoms. The van der Waals surface area contributed by atoms with Crippen LogP contribution in [0.1, 0.15) is 30.6 Å². The molecule has 3 N–H and O–H groups in total. The predicted octanol–water partition coefficient (Wildman–Crippen LogP) is 2.49. The van der Waals surface area contributed by atoms with Crippen molar-refractivity contribution in [3.63, 3.8) is 0 Å². The molecule has 0 saturated heterocycles. The Balaban J connectivity index is 1.81. The van der Waals surface area contributed by atoms with E-state index in [1.807, 2.05) is 0 Å². The monoisotopic (exact) mass is 401 g/mol. The van der Waals surface area contributed by atoms with Gasteiger partial charge in [-0.2, -0.15) is 0 Å². The van der Waals surface area contributed by atoms with Gasteiger partial charge in [-0.25, -0.2) is 4.39 Å². The maximum absolute atomic E-state index is 12.9. The predicted molar refractivity (Wildman–Crippen MR) is 107 cm³/mol. The third kappa shape index (κ3) is 7.25. The van der Waals surface area contributed by atoms with Crippen molar-refractivity contribution in [1.29, 1.82) is 0 Å². The Morgan fingerprint density at radius 1 is 0.966 bits per heavy atom. The standard InChI is InChI=1S/C21H24FN3O4/c1-3-19(26)23-12-13-24-21(28)15-4-8-17(9-5-15)25-20(27)14(2)29-18-10-6-16(22)7-11-18/h4-11,14H,3,12-13H2,1-2H3,(H,23,26)(H,24,28)(H,25,27). The largest absolute Gasteiger partial charge is 0.481 e. The number of benzene rings is 2. The smallest absolute Gasteiger partial charge is 0.265 e. The zero-order chi connectivity index (χ0) is 21.2. The third-order valence-corrected chi connectivity index (χ3v) is 3.96. The molecule has 0 saturated carbocycles. The van der Waals surface area contributed by atoms with E-state index in [0.717, 1.165) is 0 Å². The average molecular weight is 401 g/mol. The summed E-state index contributed by atoms with van der Waals surface area (Å²) in [7, 11) is 0. The number of carbonyl (C=O) groups is 3. The minimum atomic E-state index is -0.790. The summed E-state index contributed by atoms with van der Waals surface area (Å²) >= 11 is 0. The number of nitrogens with one attached hydrogen (secondary N) is 3. The van der Waals surface area contributed by atoms with Gasteiger partial charge in [-0.15, -0.1) is 0 Å². The van der Waals surface area contributed by atoms with E-state index in [0.29, 0.717) is 36.5 Å². The highest BCUT2D eigenvalue weighted by Gasteiger charge is 2.15. The molecule has 0 fully saturated rings. The number of carbonyl (C=O) groups excluding carboxylic acids is 3. The van der Waals surface area contributed by atoms with Crippen molar-refractivity contribution in [2.75, 3.05) is 18.4 Å². The van der Waals surface area contributed by atoms with Crippen LogP contribution >= 0.6 is 0 Å². The maximum Gasteiger partial charge on any atom is 0.265 e. The normalized spacial score (nSPS) is 11.3. The van der Waals surface area contributed by atoms with Crippen LogP contribution in [0, 0.1) is 5.82 Å². The van der Waals surface area contributed by atoms with E-state index in [4.69, 9.17) is 4.74 Å². The fourth-order valence-corrected chi connectivity index (χ4v) is 2.32. The van der Waals surface area contributed by atoms with Crippen molar-refractivity contribution < 1.29 is 23.5 Å². The van der Waals surface area contributed by atoms with Crippen molar-refractivity contribution in [2.24, 2.45) is 0 Å². The molecule has 1 unspecified atom stereocenters. The first kappa shape index (κ1) is 21.9. The summed E-state index contributed by atoms with van der Waals surface area (Å²) in [5.74, 6) is -0.725. The van der Waals surface area contributed by atoms with Crippen LogP contribution in [-0.2, 0) is 9.59 Å². The van der Waals surface area contributed by atoms with E-state index in [1.54, 1.807) is 38.1 Å². The second kappa shape index (κ2) is 10.8. The Labute approximate surface area is 168 Å². The lowest BCUT2D eigenvalue weighted by Gasteiger charge is -2.15. The molecule has 0 aromatic heterocycles. The van der Waals surface area contributed by atoms with Crippen molar-refractivity contribution in [3.8, 4) is 5.75 Å². The number of anilines is 1. The van der Waals surface area contributed by atoms with Crippen LogP contribution in [0.5, 0.6) is 5.75 Å². The summed E-state index contributed by atoms with van der Waals surface area (Å²) in [4.78, 5) is 35.4. The number of hydrogen-bond acceptors (Lipinski definition) is 4. The Bertz CT molecular complexity index is 838. The summed E-state index contributed by atoms with van der Waals surface area (Å²) in [5.41, 5.74) is 0.941. The molecule has 0 aliphatic heterocycles. The molecule has 7 nitrogen and oxygen atoms in total. The van der Waals surface area contributed by atoms with Crippen LogP contribution < -0.4 is 20.7 Å². The molecule has 154 valence electrons. The Morgan fingerprint density at radius 3 is 2.21 bits per heavy atom. The van der Waals surface area contributed by atoms with Gasteiger partial charge in [0.1, 0.15) is 11.6 Å². The van der Waals surface area contributed by atoms with Crippen LogP contribution in [0.25, 0.3) is 0 Å². The molecule has 2 aromatic rings. The highest BCUT2D eigenvalue weighted by molar-refractivity contribution is 5.96. The van der Waals surface area contributed by atoms with Gasteiger partial charge in [0.25, 0.3) is 11.8 Å². The second-order valence-corrected chi connectivity index (χ2v) is 6.24. The molecule has 29 heavy (non-hydrogen) atoms. The van der Waals surface area contributed by atoms with Gasteiger partial charge in [0, 0.05) is 30.8 Å². The molecule has 2 rings (SSSR count). The van der Waals surface area contributed by atoms with Gasteiger partial charge in [0.15, 0.2) is 6.10 Å². The molecule has 2 aromatic carbocycles.